The van der Waals surface area contributed by atoms with Crippen LogP contribution in [0.5, 0.6) is 5.75 Å². The molecule has 0 saturated carbocycles. The minimum Gasteiger partial charge on any atom is -0.494 e. The Bertz CT molecular complexity index is 1050. The summed E-state index contributed by atoms with van der Waals surface area (Å²) < 4.78 is 12.0. The number of halogens is 1. The van der Waals surface area contributed by atoms with Crippen LogP contribution in [-0.4, -0.2) is 62.3 Å². The number of fused-ring (bicyclic) bond motifs is 1. The van der Waals surface area contributed by atoms with Crippen molar-refractivity contribution in [1.29, 1.82) is 0 Å². The van der Waals surface area contributed by atoms with Gasteiger partial charge in [-0.05, 0) is 44.0 Å². The second-order valence-corrected chi connectivity index (χ2v) is 8.87. The highest BCUT2D eigenvalue weighted by atomic mass is 35.5. The molecule has 6 nitrogen and oxygen atoms in total. The standard InChI is InChI=1S/C24H29N3O3S.ClH/c1-17-5-8-19(9-6-17)23(28)27(12-4-11-26-13-15-30-16-14-26)24-25-21-20(29-3)10-7-18(2)22(21)31-24;/h5-10H,4,11-16H2,1-3H3;1H. The van der Waals surface area contributed by atoms with Gasteiger partial charge in [0.15, 0.2) is 5.13 Å². The Morgan fingerprint density at radius 3 is 2.56 bits per heavy atom. The van der Waals surface area contributed by atoms with Gasteiger partial charge in [-0.15, -0.1) is 12.4 Å². The Hall–Kier alpha value is -2.19. The Kier molecular flexibility index (Phi) is 8.48. The first-order chi connectivity index (χ1) is 15.1. The maximum absolute atomic E-state index is 13.5. The lowest BCUT2D eigenvalue weighted by molar-refractivity contribution is 0.0376. The zero-order chi connectivity index (χ0) is 21.8. The number of methoxy groups -OCH3 is 1. The highest BCUT2D eigenvalue weighted by Gasteiger charge is 2.23. The van der Waals surface area contributed by atoms with Crippen LogP contribution in [0.1, 0.15) is 27.9 Å². The molecular formula is C24H30ClN3O3S. The molecule has 8 heteroatoms. The van der Waals surface area contributed by atoms with Crippen molar-refractivity contribution < 1.29 is 14.3 Å². The van der Waals surface area contributed by atoms with Gasteiger partial charge < -0.3 is 9.47 Å². The summed E-state index contributed by atoms with van der Waals surface area (Å²) in [6.45, 7) is 9.10. The van der Waals surface area contributed by atoms with Crippen LogP contribution in [0.2, 0.25) is 0 Å². The lowest BCUT2D eigenvalue weighted by Crippen LogP contribution is -2.39. The summed E-state index contributed by atoms with van der Waals surface area (Å²) in [5.74, 6) is 0.719. The van der Waals surface area contributed by atoms with Crippen molar-refractivity contribution >= 4 is 45.0 Å². The van der Waals surface area contributed by atoms with Gasteiger partial charge in [0.25, 0.3) is 5.91 Å². The zero-order valence-electron chi connectivity index (χ0n) is 18.8. The normalized spacial score (nSPS) is 14.2. The molecule has 1 aliphatic heterocycles. The highest BCUT2D eigenvalue weighted by molar-refractivity contribution is 7.22. The predicted octanol–water partition coefficient (Wildman–Crippen LogP) is 4.71. The average molecular weight is 476 g/mol. The number of carbonyl (C=O) groups is 1. The molecule has 0 aliphatic carbocycles. The molecule has 0 atom stereocenters. The second kappa shape index (κ2) is 11.1. The van der Waals surface area contributed by atoms with Crippen molar-refractivity contribution in [1.82, 2.24) is 9.88 Å². The van der Waals surface area contributed by atoms with E-state index in [1.54, 1.807) is 18.4 Å². The number of ether oxygens (including phenoxy) is 2. The van der Waals surface area contributed by atoms with Gasteiger partial charge in [-0.3, -0.25) is 14.6 Å². The van der Waals surface area contributed by atoms with E-state index in [0.717, 1.165) is 71.5 Å². The van der Waals surface area contributed by atoms with Crippen LogP contribution in [0.4, 0.5) is 5.13 Å². The quantitative estimate of drug-likeness (QED) is 0.495. The second-order valence-electron chi connectivity index (χ2n) is 7.89. The summed E-state index contributed by atoms with van der Waals surface area (Å²) in [5, 5.41) is 0.718. The fraction of sp³-hybridized carbons (Fsp3) is 0.417. The number of aryl methyl sites for hydroxylation is 2. The molecule has 1 aliphatic rings. The van der Waals surface area contributed by atoms with Crippen molar-refractivity contribution in [3.8, 4) is 5.75 Å². The molecule has 1 amide bonds. The number of morpholine rings is 1. The molecule has 0 bridgehead atoms. The zero-order valence-corrected chi connectivity index (χ0v) is 20.4. The molecule has 0 spiro atoms. The van der Waals surface area contributed by atoms with Crippen LogP contribution >= 0.6 is 23.7 Å². The van der Waals surface area contributed by atoms with E-state index in [9.17, 15) is 4.79 Å². The van der Waals surface area contributed by atoms with Gasteiger partial charge in [-0.2, -0.15) is 0 Å². The van der Waals surface area contributed by atoms with Crippen LogP contribution in [0.25, 0.3) is 10.2 Å². The number of hydrogen-bond donors (Lipinski definition) is 0. The minimum atomic E-state index is -0.0161. The van der Waals surface area contributed by atoms with Crippen LogP contribution < -0.4 is 9.64 Å². The largest absolute Gasteiger partial charge is 0.494 e. The summed E-state index contributed by atoms with van der Waals surface area (Å²) in [5.41, 5.74) is 3.77. The van der Waals surface area contributed by atoms with E-state index >= 15 is 0 Å². The fourth-order valence-corrected chi connectivity index (χ4v) is 4.87. The first-order valence-electron chi connectivity index (χ1n) is 10.7. The van der Waals surface area contributed by atoms with Crippen LogP contribution in [-0.2, 0) is 4.74 Å². The smallest absolute Gasteiger partial charge is 0.260 e. The summed E-state index contributed by atoms with van der Waals surface area (Å²) in [6, 6.07) is 11.7. The number of nitrogens with zero attached hydrogens (tertiary/aromatic N) is 3. The van der Waals surface area contributed by atoms with Gasteiger partial charge in [-0.1, -0.05) is 35.1 Å². The molecule has 3 aromatic rings. The van der Waals surface area contributed by atoms with Gasteiger partial charge in [0.1, 0.15) is 11.3 Å². The lowest BCUT2D eigenvalue weighted by atomic mass is 10.1. The number of thiazole rings is 1. The van der Waals surface area contributed by atoms with Crippen LogP contribution in [0.3, 0.4) is 0 Å². The van der Waals surface area contributed by atoms with Gasteiger partial charge in [0.2, 0.25) is 0 Å². The maximum Gasteiger partial charge on any atom is 0.260 e. The number of amides is 1. The predicted molar refractivity (Wildman–Crippen MR) is 133 cm³/mol. The van der Waals surface area contributed by atoms with Gasteiger partial charge in [0.05, 0.1) is 25.0 Å². The third-order valence-electron chi connectivity index (χ3n) is 5.65. The molecule has 32 heavy (non-hydrogen) atoms. The minimum absolute atomic E-state index is 0. The Balaban J connectivity index is 0.00000289. The Morgan fingerprint density at radius 1 is 1.16 bits per heavy atom. The van der Waals surface area contributed by atoms with E-state index in [4.69, 9.17) is 14.5 Å². The van der Waals surface area contributed by atoms with E-state index < -0.39 is 0 Å². The summed E-state index contributed by atoms with van der Waals surface area (Å²) in [4.78, 5) is 22.5. The van der Waals surface area contributed by atoms with Crippen molar-refractivity contribution in [2.75, 3.05) is 51.4 Å². The maximum atomic E-state index is 13.5. The third-order valence-corrected chi connectivity index (χ3v) is 6.86. The first kappa shape index (κ1) is 24.5. The van der Waals surface area contributed by atoms with Gasteiger partial charge in [-0.25, -0.2) is 4.98 Å². The third kappa shape index (κ3) is 5.41. The molecule has 0 N–H and O–H groups in total. The molecule has 1 saturated heterocycles. The highest BCUT2D eigenvalue weighted by Crippen LogP contribution is 2.37. The fourth-order valence-electron chi connectivity index (χ4n) is 3.79. The number of rotatable bonds is 7. The average Bonchev–Trinajstić information content (AvgIpc) is 3.24. The van der Waals surface area contributed by atoms with E-state index in [0.29, 0.717) is 12.1 Å². The van der Waals surface area contributed by atoms with Crippen LogP contribution in [0.15, 0.2) is 36.4 Å². The first-order valence-corrected chi connectivity index (χ1v) is 11.5. The molecule has 1 fully saturated rings. The topological polar surface area (TPSA) is 54.9 Å². The Morgan fingerprint density at radius 2 is 1.88 bits per heavy atom. The number of carbonyl (C=O) groups excluding carboxylic acids is 1. The number of aromatic nitrogens is 1. The van der Waals surface area contributed by atoms with E-state index in [-0.39, 0.29) is 18.3 Å². The lowest BCUT2D eigenvalue weighted by Gasteiger charge is -2.27. The number of anilines is 1. The van der Waals surface area contributed by atoms with Crippen LogP contribution in [0, 0.1) is 13.8 Å². The number of hydrogen-bond acceptors (Lipinski definition) is 6. The molecule has 0 radical (unpaired) electrons. The SMILES string of the molecule is COc1ccc(C)c2sc(N(CCCN3CCOCC3)C(=O)c3ccc(C)cc3)nc12.Cl. The summed E-state index contributed by atoms with van der Waals surface area (Å²) in [6.07, 6.45) is 0.879. The summed E-state index contributed by atoms with van der Waals surface area (Å²) >= 11 is 1.55. The van der Waals surface area contributed by atoms with Crippen molar-refractivity contribution in [2.45, 2.75) is 20.3 Å². The van der Waals surface area contributed by atoms with Crippen molar-refractivity contribution in [3.05, 3.63) is 53.1 Å². The van der Waals surface area contributed by atoms with E-state index in [2.05, 4.69) is 11.8 Å². The molecular weight excluding hydrogens is 446 g/mol. The molecule has 4 rings (SSSR count). The van der Waals surface area contributed by atoms with Crippen molar-refractivity contribution in [3.63, 3.8) is 0 Å². The molecule has 2 aromatic carbocycles. The molecule has 1 aromatic heterocycles. The number of benzene rings is 2. The molecule has 172 valence electrons. The monoisotopic (exact) mass is 475 g/mol. The van der Waals surface area contributed by atoms with E-state index in [1.165, 1.54) is 0 Å². The molecule has 2 heterocycles. The Labute approximate surface area is 199 Å². The van der Waals surface area contributed by atoms with E-state index in [1.807, 2.05) is 48.2 Å². The summed E-state index contributed by atoms with van der Waals surface area (Å²) in [7, 11) is 1.65. The van der Waals surface area contributed by atoms with Gasteiger partial charge in [0, 0.05) is 31.7 Å². The molecule has 0 unspecified atom stereocenters. The van der Waals surface area contributed by atoms with Gasteiger partial charge >= 0.3 is 0 Å². The van der Waals surface area contributed by atoms with Crippen molar-refractivity contribution in [2.24, 2.45) is 0 Å².